The number of amidine groups is 1. The molecule has 96 valence electrons. The van der Waals surface area contributed by atoms with Gasteiger partial charge in [0.15, 0.2) is 0 Å². The zero-order valence-electron chi connectivity index (χ0n) is 12.7. The van der Waals surface area contributed by atoms with Gasteiger partial charge in [-0.25, -0.2) is 4.99 Å². The summed E-state index contributed by atoms with van der Waals surface area (Å²) < 4.78 is 0. The first-order chi connectivity index (χ1) is 7.40. The first kappa shape index (κ1) is 17.6. The smallest absolute Gasteiger partial charge is 0.101 e. The van der Waals surface area contributed by atoms with E-state index in [2.05, 4.69) is 32.7 Å². The van der Waals surface area contributed by atoms with E-state index in [-0.39, 0.29) is 0 Å². The van der Waals surface area contributed by atoms with E-state index in [1.54, 1.807) is 0 Å². The van der Waals surface area contributed by atoms with Crippen LogP contribution in [-0.2, 0) is 0 Å². The van der Waals surface area contributed by atoms with Crippen molar-refractivity contribution in [3.05, 3.63) is 11.3 Å². The lowest BCUT2D eigenvalue weighted by Crippen LogP contribution is -2.19. The molecule has 0 amide bonds. The highest BCUT2D eigenvalue weighted by molar-refractivity contribution is 5.80. The van der Waals surface area contributed by atoms with E-state index in [0.29, 0.717) is 5.92 Å². The molecule has 0 fully saturated rings. The van der Waals surface area contributed by atoms with Crippen LogP contribution in [0.15, 0.2) is 16.3 Å². The Kier molecular flexibility index (Phi) is 10.4. The summed E-state index contributed by atoms with van der Waals surface area (Å²) in [6.45, 7) is 14.8. The van der Waals surface area contributed by atoms with Crippen LogP contribution in [0.4, 0.5) is 0 Å². The molecular formula is C14H30N2. The average molecular weight is 226 g/mol. The van der Waals surface area contributed by atoms with Gasteiger partial charge in [0.1, 0.15) is 5.84 Å². The van der Waals surface area contributed by atoms with Gasteiger partial charge in [-0.1, -0.05) is 40.2 Å². The summed E-state index contributed by atoms with van der Waals surface area (Å²) in [7, 11) is 4.05. The summed E-state index contributed by atoms with van der Waals surface area (Å²) in [4.78, 5) is 6.72. The van der Waals surface area contributed by atoms with E-state index in [0.717, 1.165) is 12.3 Å². The first-order valence-corrected chi connectivity index (χ1v) is 6.32. The average Bonchev–Trinajstić information content (AvgIpc) is 2.26. The molecule has 16 heavy (non-hydrogen) atoms. The second-order valence-electron chi connectivity index (χ2n) is 4.23. The van der Waals surface area contributed by atoms with E-state index in [9.17, 15) is 0 Å². The van der Waals surface area contributed by atoms with E-state index in [1.165, 1.54) is 11.3 Å². The van der Waals surface area contributed by atoms with Crippen LogP contribution in [0.5, 0.6) is 0 Å². The Morgan fingerprint density at radius 3 is 1.81 bits per heavy atom. The largest absolute Gasteiger partial charge is 0.366 e. The summed E-state index contributed by atoms with van der Waals surface area (Å²) in [6, 6.07) is 0. The molecule has 0 heterocycles. The molecule has 0 atom stereocenters. The number of nitrogens with zero attached hydrogens (tertiary/aromatic N) is 2. The van der Waals surface area contributed by atoms with Crippen LogP contribution < -0.4 is 0 Å². The van der Waals surface area contributed by atoms with Gasteiger partial charge in [-0.15, -0.1) is 0 Å². The number of aliphatic imine (C=N–C) groups is 1. The summed E-state index contributed by atoms with van der Waals surface area (Å²) in [5.41, 5.74) is 2.62. The number of hydrogen-bond donors (Lipinski definition) is 0. The van der Waals surface area contributed by atoms with Crippen LogP contribution in [0.2, 0.25) is 0 Å². The van der Waals surface area contributed by atoms with Gasteiger partial charge in [0, 0.05) is 19.8 Å². The normalized spacial score (nSPS) is 13.0. The second kappa shape index (κ2) is 9.44. The molecule has 0 rings (SSSR count). The van der Waals surface area contributed by atoms with Crippen molar-refractivity contribution in [3.63, 3.8) is 0 Å². The van der Waals surface area contributed by atoms with Crippen LogP contribution in [-0.4, -0.2) is 24.8 Å². The van der Waals surface area contributed by atoms with Gasteiger partial charge >= 0.3 is 0 Å². The fourth-order valence-corrected chi connectivity index (χ4v) is 1.17. The van der Waals surface area contributed by atoms with Crippen LogP contribution in [0.3, 0.4) is 0 Å². The topological polar surface area (TPSA) is 15.6 Å². The van der Waals surface area contributed by atoms with Crippen LogP contribution in [0.1, 0.15) is 54.9 Å². The van der Waals surface area contributed by atoms with Crippen molar-refractivity contribution in [3.8, 4) is 0 Å². The van der Waals surface area contributed by atoms with Gasteiger partial charge in [0.2, 0.25) is 0 Å². The van der Waals surface area contributed by atoms with Gasteiger partial charge in [0.25, 0.3) is 0 Å². The summed E-state index contributed by atoms with van der Waals surface area (Å²) >= 11 is 0. The zero-order valence-corrected chi connectivity index (χ0v) is 12.7. The van der Waals surface area contributed by atoms with Crippen molar-refractivity contribution in [2.75, 3.05) is 14.1 Å². The molecule has 0 aromatic heterocycles. The van der Waals surface area contributed by atoms with E-state index in [1.807, 2.05) is 39.8 Å². The van der Waals surface area contributed by atoms with Crippen LogP contribution in [0.25, 0.3) is 0 Å². The lowest BCUT2D eigenvalue weighted by atomic mass is 10.0. The molecule has 2 heteroatoms. The molecule has 0 spiro atoms. The Labute approximate surface area is 102 Å². The van der Waals surface area contributed by atoms with E-state index >= 15 is 0 Å². The highest BCUT2D eigenvalue weighted by Crippen LogP contribution is 2.18. The second-order valence-corrected chi connectivity index (χ2v) is 4.23. The Balaban J connectivity index is 0. The molecule has 0 aliphatic heterocycles. The number of hydrogen-bond acceptors (Lipinski definition) is 1. The van der Waals surface area contributed by atoms with Gasteiger partial charge in [-0.05, 0) is 26.2 Å². The first-order valence-electron chi connectivity index (χ1n) is 6.32. The maximum absolute atomic E-state index is 4.67. The van der Waals surface area contributed by atoms with Gasteiger partial charge in [0.05, 0.1) is 0 Å². The minimum atomic E-state index is 0.504. The zero-order chi connectivity index (χ0) is 13.3. The summed E-state index contributed by atoms with van der Waals surface area (Å²) in [6.07, 6.45) is 1.08. The molecule has 0 aromatic carbocycles. The fourth-order valence-electron chi connectivity index (χ4n) is 1.17. The predicted octanol–water partition coefficient (Wildman–Crippen LogP) is 4.33. The minimum absolute atomic E-state index is 0.504. The predicted molar refractivity (Wildman–Crippen MR) is 76.0 cm³/mol. The molecule has 2 nitrogen and oxygen atoms in total. The van der Waals surface area contributed by atoms with E-state index in [4.69, 9.17) is 0 Å². The molecule has 0 saturated carbocycles. The molecule has 0 saturated heterocycles. The van der Waals surface area contributed by atoms with Crippen molar-refractivity contribution < 1.29 is 0 Å². The molecule has 0 radical (unpaired) electrons. The molecule has 0 aliphatic rings. The van der Waals surface area contributed by atoms with Crippen molar-refractivity contribution in [2.24, 2.45) is 10.9 Å². The molecule has 0 aliphatic carbocycles. The van der Waals surface area contributed by atoms with Gasteiger partial charge < -0.3 is 4.90 Å². The Hall–Kier alpha value is -0.790. The summed E-state index contributed by atoms with van der Waals surface area (Å²) in [5, 5.41) is 0. The van der Waals surface area contributed by atoms with Crippen molar-refractivity contribution in [2.45, 2.75) is 54.9 Å². The minimum Gasteiger partial charge on any atom is -0.366 e. The highest BCUT2D eigenvalue weighted by Gasteiger charge is 2.06. The Morgan fingerprint density at radius 1 is 1.12 bits per heavy atom. The molecule has 0 bridgehead atoms. The molecular weight excluding hydrogens is 196 g/mol. The van der Waals surface area contributed by atoms with Crippen molar-refractivity contribution in [1.82, 2.24) is 4.90 Å². The lowest BCUT2D eigenvalue weighted by Gasteiger charge is -2.16. The molecule has 0 N–H and O–H groups in total. The maximum atomic E-state index is 4.67. The number of rotatable bonds is 3. The Bertz CT molecular complexity index is 235. The third-order valence-electron chi connectivity index (χ3n) is 2.44. The third-order valence-corrected chi connectivity index (χ3v) is 2.44. The highest BCUT2D eigenvalue weighted by atomic mass is 15.1. The van der Waals surface area contributed by atoms with Gasteiger partial charge in [-0.2, -0.15) is 0 Å². The lowest BCUT2D eigenvalue weighted by molar-refractivity contribution is 0.611. The van der Waals surface area contributed by atoms with Crippen LogP contribution in [0, 0.1) is 5.92 Å². The fraction of sp³-hybridized carbons (Fsp3) is 0.786. The molecule has 0 aromatic rings. The van der Waals surface area contributed by atoms with E-state index < -0.39 is 0 Å². The Morgan fingerprint density at radius 2 is 1.56 bits per heavy atom. The van der Waals surface area contributed by atoms with Crippen molar-refractivity contribution >= 4 is 5.84 Å². The third kappa shape index (κ3) is 6.65. The SMILES string of the molecule is CC.CCC(C)=C(N=C(C)N(C)C)C(C)C. The summed E-state index contributed by atoms with van der Waals surface area (Å²) in [5.74, 6) is 1.58. The van der Waals surface area contributed by atoms with Crippen LogP contribution >= 0.6 is 0 Å². The van der Waals surface area contributed by atoms with Crippen molar-refractivity contribution in [1.29, 1.82) is 0 Å². The quantitative estimate of drug-likeness (QED) is 0.516. The standard InChI is InChI=1S/C12H24N2.C2H6/c1-8-10(4)12(9(2)3)13-11(5)14(6)7;1-2/h9H,8H2,1-7H3;1-2H3. The molecule has 0 unspecified atom stereocenters. The maximum Gasteiger partial charge on any atom is 0.101 e. The monoisotopic (exact) mass is 226 g/mol. The van der Waals surface area contributed by atoms with Gasteiger partial charge in [-0.3, -0.25) is 0 Å². The number of allylic oxidation sites excluding steroid dienone is 2.